The maximum Gasteiger partial charge on any atom is 0.103 e. The summed E-state index contributed by atoms with van der Waals surface area (Å²) in [6, 6.07) is 19.2. The van der Waals surface area contributed by atoms with Crippen LogP contribution in [0.5, 0.6) is 0 Å². The summed E-state index contributed by atoms with van der Waals surface area (Å²) in [4.78, 5) is 1.63. The highest BCUT2D eigenvalue weighted by Crippen LogP contribution is 2.10. The Morgan fingerprint density at radius 3 is 2.44 bits per heavy atom. The van der Waals surface area contributed by atoms with Crippen LogP contribution in [0, 0.1) is 6.92 Å². The van der Waals surface area contributed by atoms with Crippen molar-refractivity contribution in [3.8, 4) is 0 Å². The first-order valence-electron chi connectivity index (χ1n) is 8.79. The van der Waals surface area contributed by atoms with E-state index in [4.69, 9.17) is 0 Å². The Labute approximate surface area is 158 Å². The second-order valence-electron chi connectivity index (χ2n) is 6.55. The summed E-state index contributed by atoms with van der Waals surface area (Å²) in [5.74, 6) is 0. The number of halogens is 1. The zero-order valence-corrected chi connectivity index (χ0v) is 16.2. The highest BCUT2D eigenvalue weighted by molar-refractivity contribution is 9.12. The number of allylic oxidation sites excluding steroid dienone is 1. The minimum absolute atomic E-state index is 0.994. The summed E-state index contributed by atoms with van der Waals surface area (Å²) in [6.45, 7) is 7.51. The first-order valence-corrected chi connectivity index (χ1v) is 9.58. The number of hydrogen-bond donors (Lipinski definition) is 1. The topological polar surface area (TPSA) is 20.0 Å². The molecule has 4 heteroatoms. The second kappa shape index (κ2) is 8.97. The second-order valence-corrected chi connectivity index (χ2v) is 7.47. The molecule has 25 heavy (non-hydrogen) atoms. The van der Waals surface area contributed by atoms with Crippen LogP contribution in [0.25, 0.3) is 6.08 Å². The lowest BCUT2D eigenvalue weighted by Crippen LogP contribution is -3.13. The number of nitrogens with zero attached hydrogens (tertiary/aromatic N) is 2. The Bertz CT molecular complexity index is 715. The molecule has 2 aromatic carbocycles. The van der Waals surface area contributed by atoms with Gasteiger partial charge in [0, 0.05) is 10.0 Å². The van der Waals surface area contributed by atoms with Crippen molar-refractivity contribution in [1.29, 1.82) is 0 Å². The molecule has 3 nitrogen and oxygen atoms in total. The van der Waals surface area contributed by atoms with Crippen LogP contribution in [0.1, 0.15) is 16.7 Å². The molecule has 0 atom stereocenters. The van der Waals surface area contributed by atoms with Gasteiger partial charge in [-0.2, -0.15) is 5.10 Å². The molecule has 0 aromatic heterocycles. The van der Waals surface area contributed by atoms with Crippen molar-refractivity contribution in [3.63, 3.8) is 0 Å². The van der Waals surface area contributed by atoms with Crippen molar-refractivity contribution in [1.82, 2.24) is 5.01 Å². The van der Waals surface area contributed by atoms with Crippen LogP contribution in [-0.4, -0.2) is 37.4 Å². The molecule has 0 unspecified atom stereocenters. The van der Waals surface area contributed by atoms with E-state index in [1.807, 2.05) is 24.4 Å². The van der Waals surface area contributed by atoms with Gasteiger partial charge in [-0.15, -0.1) is 0 Å². The highest BCUT2D eigenvalue weighted by Gasteiger charge is 2.18. The third-order valence-electron chi connectivity index (χ3n) is 4.47. The SMILES string of the molecule is Cc1ccc(C[NH+]2CCN(/N=C/C(Br)=C/c3ccccc3)CC2)cc1. The predicted octanol–water partition coefficient (Wildman–Crippen LogP) is 3.12. The highest BCUT2D eigenvalue weighted by atomic mass is 79.9. The first kappa shape index (κ1) is 17.9. The zero-order chi connectivity index (χ0) is 17.5. The van der Waals surface area contributed by atoms with E-state index in [9.17, 15) is 0 Å². The molecular formula is C21H25BrN3+. The molecule has 1 fully saturated rings. The minimum atomic E-state index is 0.994. The smallest absolute Gasteiger partial charge is 0.103 e. The van der Waals surface area contributed by atoms with Gasteiger partial charge in [0.2, 0.25) is 0 Å². The standard InChI is InChI=1S/C21H24BrN3/c1-18-7-9-20(10-8-18)17-24-11-13-25(14-12-24)23-16-21(22)15-19-5-3-2-4-6-19/h2-10,15-16H,11-14,17H2,1H3/p+1/b21-15-,23-16+. The number of quaternary nitrogens is 1. The first-order chi connectivity index (χ1) is 12.2. The Morgan fingerprint density at radius 1 is 1.08 bits per heavy atom. The van der Waals surface area contributed by atoms with E-state index >= 15 is 0 Å². The molecule has 1 saturated heterocycles. The summed E-state index contributed by atoms with van der Waals surface area (Å²) in [7, 11) is 0. The van der Waals surface area contributed by atoms with E-state index in [-0.39, 0.29) is 0 Å². The fourth-order valence-electron chi connectivity index (χ4n) is 2.98. The predicted molar refractivity (Wildman–Crippen MR) is 109 cm³/mol. The lowest BCUT2D eigenvalue weighted by molar-refractivity contribution is -0.918. The monoisotopic (exact) mass is 398 g/mol. The molecule has 1 heterocycles. The molecule has 0 radical (unpaired) electrons. The third kappa shape index (κ3) is 5.83. The summed E-state index contributed by atoms with van der Waals surface area (Å²) in [5, 5.41) is 6.78. The molecule has 0 amide bonds. The van der Waals surface area contributed by atoms with Crippen LogP contribution < -0.4 is 4.90 Å². The average Bonchev–Trinajstić information content (AvgIpc) is 2.64. The van der Waals surface area contributed by atoms with Gasteiger partial charge in [-0.25, -0.2) is 0 Å². The average molecular weight is 399 g/mol. The largest absolute Gasteiger partial charge is 0.328 e. The molecule has 1 N–H and O–H groups in total. The number of hydrazone groups is 1. The van der Waals surface area contributed by atoms with Crippen molar-refractivity contribution in [2.45, 2.75) is 13.5 Å². The van der Waals surface area contributed by atoms with Crippen LogP contribution in [0.3, 0.4) is 0 Å². The summed E-state index contributed by atoms with van der Waals surface area (Å²) >= 11 is 3.58. The number of hydrogen-bond acceptors (Lipinski definition) is 2. The van der Waals surface area contributed by atoms with Gasteiger partial charge in [0.05, 0.1) is 32.4 Å². The van der Waals surface area contributed by atoms with Crippen molar-refractivity contribution < 1.29 is 4.90 Å². The van der Waals surface area contributed by atoms with Crippen molar-refractivity contribution >= 4 is 28.2 Å². The number of rotatable bonds is 5. The lowest BCUT2D eigenvalue weighted by Gasteiger charge is -2.30. The Morgan fingerprint density at radius 2 is 1.76 bits per heavy atom. The Balaban J connectivity index is 1.47. The summed E-state index contributed by atoms with van der Waals surface area (Å²) in [5.41, 5.74) is 3.92. The van der Waals surface area contributed by atoms with Crippen molar-refractivity contribution in [2.75, 3.05) is 26.2 Å². The van der Waals surface area contributed by atoms with Crippen molar-refractivity contribution in [3.05, 3.63) is 75.8 Å². The molecule has 0 spiro atoms. The third-order valence-corrected chi connectivity index (χ3v) is 4.90. The van der Waals surface area contributed by atoms with Gasteiger partial charge in [-0.3, -0.25) is 5.01 Å². The lowest BCUT2D eigenvalue weighted by atomic mass is 10.1. The number of nitrogens with one attached hydrogen (secondary N) is 1. The van der Waals surface area contributed by atoms with Crippen LogP contribution >= 0.6 is 15.9 Å². The molecule has 0 aliphatic carbocycles. The van der Waals surface area contributed by atoms with E-state index in [1.54, 1.807) is 4.90 Å². The molecule has 3 rings (SSSR count). The van der Waals surface area contributed by atoms with E-state index in [0.717, 1.165) is 37.2 Å². The fourth-order valence-corrected chi connectivity index (χ4v) is 3.34. The summed E-state index contributed by atoms with van der Waals surface area (Å²) in [6.07, 6.45) is 3.99. The number of aryl methyl sites for hydroxylation is 1. The van der Waals surface area contributed by atoms with E-state index in [2.05, 4.69) is 75.4 Å². The van der Waals surface area contributed by atoms with Crippen LogP contribution in [0.4, 0.5) is 0 Å². The maximum atomic E-state index is 4.61. The van der Waals surface area contributed by atoms with Gasteiger partial charge < -0.3 is 4.90 Å². The number of piperazine rings is 1. The van der Waals surface area contributed by atoms with Crippen LogP contribution in [0.15, 0.2) is 64.2 Å². The van der Waals surface area contributed by atoms with Crippen LogP contribution in [-0.2, 0) is 6.54 Å². The van der Waals surface area contributed by atoms with E-state index in [1.165, 1.54) is 16.7 Å². The van der Waals surface area contributed by atoms with E-state index in [0.29, 0.717) is 0 Å². The van der Waals surface area contributed by atoms with Gasteiger partial charge in [-0.1, -0.05) is 60.2 Å². The summed E-state index contributed by atoms with van der Waals surface area (Å²) < 4.78 is 0.994. The van der Waals surface area contributed by atoms with Gasteiger partial charge >= 0.3 is 0 Å². The van der Waals surface area contributed by atoms with Gasteiger partial charge in [0.25, 0.3) is 0 Å². The zero-order valence-electron chi connectivity index (χ0n) is 14.7. The minimum Gasteiger partial charge on any atom is -0.328 e. The van der Waals surface area contributed by atoms with Gasteiger partial charge in [0.15, 0.2) is 0 Å². The Kier molecular flexibility index (Phi) is 6.42. The van der Waals surface area contributed by atoms with Gasteiger partial charge in [0.1, 0.15) is 6.54 Å². The maximum absolute atomic E-state index is 4.61. The molecule has 0 bridgehead atoms. The van der Waals surface area contributed by atoms with Crippen LogP contribution in [0.2, 0.25) is 0 Å². The molecular weight excluding hydrogens is 374 g/mol. The molecule has 130 valence electrons. The molecule has 1 aliphatic rings. The van der Waals surface area contributed by atoms with E-state index < -0.39 is 0 Å². The molecule has 1 aliphatic heterocycles. The quantitative estimate of drug-likeness (QED) is 0.766. The van der Waals surface area contributed by atoms with Gasteiger partial charge in [-0.05, 0) is 34.5 Å². The normalized spacial score (nSPS) is 16.6. The van der Waals surface area contributed by atoms with Crippen molar-refractivity contribution in [2.24, 2.45) is 5.10 Å². The Hall–Kier alpha value is -1.91. The number of benzene rings is 2. The molecule has 2 aromatic rings. The molecule has 0 saturated carbocycles. The fraction of sp³-hybridized carbons (Fsp3) is 0.286.